The molecule has 106 valence electrons. The number of nitrogens with zero attached hydrogens (tertiary/aromatic N) is 3. The van der Waals surface area contributed by atoms with Crippen LogP contribution in [-0.4, -0.2) is 21.3 Å². The van der Waals surface area contributed by atoms with E-state index in [4.69, 9.17) is 4.74 Å². The second kappa shape index (κ2) is 6.05. The normalized spacial score (nSPS) is 10.3. The summed E-state index contributed by atoms with van der Waals surface area (Å²) in [7, 11) is 1.85. The minimum absolute atomic E-state index is 0.0289. The summed E-state index contributed by atoms with van der Waals surface area (Å²) in [5.41, 5.74) is 1.77. The number of nitrogens with one attached hydrogen (secondary N) is 1. The van der Waals surface area contributed by atoms with E-state index in [0.29, 0.717) is 13.2 Å². The predicted molar refractivity (Wildman–Crippen MR) is 74.8 cm³/mol. The molecule has 7 nitrogen and oxygen atoms in total. The molecule has 0 aliphatic heterocycles. The summed E-state index contributed by atoms with van der Waals surface area (Å²) in [6.07, 6.45) is 3.67. The van der Waals surface area contributed by atoms with Crippen molar-refractivity contribution >= 4 is 11.4 Å². The third-order valence-electron chi connectivity index (χ3n) is 2.71. The molecule has 1 aromatic carbocycles. The molecule has 2 aromatic rings. The number of aryl methyl sites for hydroxylation is 1. The number of hydrogen-bond donors (Lipinski definition) is 1. The molecule has 1 aromatic heterocycles. The van der Waals surface area contributed by atoms with Gasteiger partial charge in [-0.05, 0) is 13.0 Å². The van der Waals surface area contributed by atoms with Gasteiger partial charge in [0.05, 0.1) is 17.7 Å². The first kappa shape index (κ1) is 13.9. The van der Waals surface area contributed by atoms with Gasteiger partial charge in [0, 0.05) is 43.2 Å². The van der Waals surface area contributed by atoms with Crippen LogP contribution in [0.4, 0.5) is 11.4 Å². The Hall–Kier alpha value is -2.57. The van der Waals surface area contributed by atoms with Crippen LogP contribution in [0.25, 0.3) is 0 Å². The van der Waals surface area contributed by atoms with Crippen LogP contribution in [0.3, 0.4) is 0 Å². The monoisotopic (exact) mass is 276 g/mol. The first-order valence-electron chi connectivity index (χ1n) is 6.22. The van der Waals surface area contributed by atoms with Crippen LogP contribution in [0.1, 0.15) is 12.5 Å². The van der Waals surface area contributed by atoms with E-state index in [1.807, 2.05) is 13.2 Å². The maximum Gasteiger partial charge on any atom is 0.311 e. The van der Waals surface area contributed by atoms with E-state index in [2.05, 4.69) is 10.4 Å². The molecule has 0 aliphatic carbocycles. The predicted octanol–water partition coefficient (Wildman–Crippen LogP) is 2.34. The van der Waals surface area contributed by atoms with Crippen molar-refractivity contribution in [1.82, 2.24) is 9.78 Å². The molecule has 0 fully saturated rings. The summed E-state index contributed by atoms with van der Waals surface area (Å²) in [5, 5.41) is 18.1. The van der Waals surface area contributed by atoms with Gasteiger partial charge in [-0.3, -0.25) is 14.8 Å². The molecule has 20 heavy (non-hydrogen) atoms. The third kappa shape index (κ3) is 3.25. The molecule has 0 amide bonds. The van der Waals surface area contributed by atoms with Gasteiger partial charge in [-0.15, -0.1) is 0 Å². The lowest BCUT2D eigenvalue weighted by atomic mass is 10.2. The van der Waals surface area contributed by atoms with E-state index in [9.17, 15) is 10.1 Å². The number of aromatic nitrogens is 2. The van der Waals surface area contributed by atoms with Crippen LogP contribution >= 0.6 is 0 Å². The second-order valence-corrected chi connectivity index (χ2v) is 4.25. The lowest BCUT2D eigenvalue weighted by molar-refractivity contribution is -0.385. The average Bonchev–Trinajstić information content (AvgIpc) is 2.82. The number of anilines is 1. The molecule has 1 N–H and O–H groups in total. The molecule has 0 spiro atoms. The lowest BCUT2D eigenvalue weighted by Gasteiger charge is -2.08. The van der Waals surface area contributed by atoms with E-state index in [1.54, 1.807) is 29.9 Å². The summed E-state index contributed by atoms with van der Waals surface area (Å²) < 4.78 is 7.02. The van der Waals surface area contributed by atoms with Crippen molar-refractivity contribution in [3.8, 4) is 5.75 Å². The zero-order chi connectivity index (χ0) is 14.5. The van der Waals surface area contributed by atoms with Gasteiger partial charge in [-0.25, -0.2) is 0 Å². The van der Waals surface area contributed by atoms with Gasteiger partial charge >= 0.3 is 5.69 Å². The molecular weight excluding hydrogens is 260 g/mol. The molecule has 2 rings (SSSR count). The van der Waals surface area contributed by atoms with Gasteiger partial charge in [0.15, 0.2) is 5.75 Å². The van der Waals surface area contributed by atoms with Crippen LogP contribution < -0.4 is 10.1 Å². The third-order valence-corrected chi connectivity index (χ3v) is 2.71. The van der Waals surface area contributed by atoms with Gasteiger partial charge in [-0.2, -0.15) is 5.10 Å². The smallest absolute Gasteiger partial charge is 0.311 e. The highest BCUT2D eigenvalue weighted by atomic mass is 16.6. The first-order chi connectivity index (χ1) is 9.60. The van der Waals surface area contributed by atoms with E-state index >= 15 is 0 Å². The topological polar surface area (TPSA) is 82.2 Å². The molecule has 0 saturated carbocycles. The largest absolute Gasteiger partial charge is 0.487 e. The first-order valence-corrected chi connectivity index (χ1v) is 6.22. The Morgan fingerprint density at radius 3 is 2.90 bits per heavy atom. The van der Waals surface area contributed by atoms with Crippen molar-refractivity contribution in [2.45, 2.75) is 13.5 Å². The Bertz CT molecular complexity index is 609. The molecule has 1 heterocycles. The fraction of sp³-hybridized carbons (Fsp3) is 0.308. The molecule has 0 bridgehead atoms. The molecular formula is C13H16N4O3. The van der Waals surface area contributed by atoms with Crippen molar-refractivity contribution in [3.05, 3.63) is 46.3 Å². The number of benzene rings is 1. The van der Waals surface area contributed by atoms with E-state index < -0.39 is 4.92 Å². The van der Waals surface area contributed by atoms with Crippen LogP contribution in [0.5, 0.6) is 5.75 Å². The lowest BCUT2D eigenvalue weighted by Crippen LogP contribution is -2.01. The van der Waals surface area contributed by atoms with Crippen molar-refractivity contribution in [1.29, 1.82) is 0 Å². The Labute approximate surface area is 116 Å². The summed E-state index contributed by atoms with van der Waals surface area (Å²) in [5.74, 6) is 0.272. The zero-order valence-electron chi connectivity index (χ0n) is 11.4. The fourth-order valence-electron chi connectivity index (χ4n) is 1.81. The molecule has 7 heteroatoms. The molecule has 0 atom stereocenters. The van der Waals surface area contributed by atoms with Crippen LogP contribution in [-0.2, 0) is 13.6 Å². The Balaban J connectivity index is 2.12. The average molecular weight is 276 g/mol. The van der Waals surface area contributed by atoms with Gasteiger partial charge in [0.1, 0.15) is 0 Å². The highest BCUT2D eigenvalue weighted by molar-refractivity contribution is 5.58. The highest BCUT2D eigenvalue weighted by Crippen LogP contribution is 2.30. The quantitative estimate of drug-likeness (QED) is 0.646. The van der Waals surface area contributed by atoms with Crippen LogP contribution in [0, 0.1) is 10.1 Å². The molecule has 0 saturated heterocycles. The minimum Gasteiger partial charge on any atom is -0.487 e. The zero-order valence-corrected chi connectivity index (χ0v) is 11.4. The highest BCUT2D eigenvalue weighted by Gasteiger charge is 2.15. The number of nitro groups is 1. The maximum atomic E-state index is 10.9. The summed E-state index contributed by atoms with van der Waals surface area (Å²) in [4.78, 5) is 10.4. The molecule has 0 radical (unpaired) electrons. The van der Waals surface area contributed by atoms with E-state index in [-0.39, 0.29) is 11.4 Å². The second-order valence-electron chi connectivity index (χ2n) is 4.25. The fourth-order valence-corrected chi connectivity index (χ4v) is 1.81. The van der Waals surface area contributed by atoms with Gasteiger partial charge in [-0.1, -0.05) is 0 Å². The van der Waals surface area contributed by atoms with Gasteiger partial charge in [0.25, 0.3) is 0 Å². The summed E-state index contributed by atoms with van der Waals surface area (Å²) in [6.45, 7) is 2.77. The Morgan fingerprint density at radius 2 is 2.30 bits per heavy atom. The molecule has 0 aliphatic rings. The minimum atomic E-state index is -0.449. The van der Waals surface area contributed by atoms with Crippen molar-refractivity contribution < 1.29 is 9.66 Å². The Kier molecular flexibility index (Phi) is 4.19. The number of nitro benzene ring substituents is 1. The van der Waals surface area contributed by atoms with Crippen LogP contribution in [0.2, 0.25) is 0 Å². The van der Waals surface area contributed by atoms with Gasteiger partial charge < -0.3 is 10.1 Å². The van der Waals surface area contributed by atoms with E-state index in [0.717, 1.165) is 11.3 Å². The Morgan fingerprint density at radius 1 is 1.50 bits per heavy atom. The van der Waals surface area contributed by atoms with Crippen molar-refractivity contribution in [3.63, 3.8) is 0 Å². The maximum absolute atomic E-state index is 10.9. The SMILES string of the molecule is CCOc1cc(NCc2cnn(C)c2)ccc1[N+](=O)[O-]. The summed E-state index contributed by atoms with van der Waals surface area (Å²) in [6, 6.07) is 4.74. The number of rotatable bonds is 6. The van der Waals surface area contributed by atoms with Crippen molar-refractivity contribution in [2.75, 3.05) is 11.9 Å². The van der Waals surface area contributed by atoms with Crippen molar-refractivity contribution in [2.24, 2.45) is 7.05 Å². The molecule has 0 unspecified atom stereocenters. The number of hydrogen-bond acceptors (Lipinski definition) is 5. The van der Waals surface area contributed by atoms with Gasteiger partial charge in [0.2, 0.25) is 0 Å². The van der Waals surface area contributed by atoms with E-state index in [1.165, 1.54) is 6.07 Å². The van der Waals surface area contributed by atoms with Crippen LogP contribution in [0.15, 0.2) is 30.6 Å². The standard InChI is InChI=1S/C13H16N4O3/c1-3-20-13-6-11(4-5-12(13)17(18)19)14-7-10-8-15-16(2)9-10/h4-6,8-9,14H,3,7H2,1-2H3. The summed E-state index contributed by atoms with van der Waals surface area (Å²) >= 11 is 0. The number of ether oxygens (including phenoxy) is 1.